The average Bonchev–Trinajstić information content (AvgIpc) is 3.26. The number of alkyl halides is 2. The Hall–Kier alpha value is -2.50. The quantitative estimate of drug-likeness (QED) is 0.400. The molecule has 4 aromatic rings. The number of nitrogens with one attached hydrogen (secondary N) is 2. The third kappa shape index (κ3) is 3.49. The smallest absolute Gasteiger partial charge is 0.334 e. The van der Waals surface area contributed by atoms with Crippen LogP contribution in [-0.4, -0.2) is 28.2 Å². The molecule has 0 saturated heterocycles. The van der Waals surface area contributed by atoms with Gasteiger partial charge < -0.3 is 4.98 Å². The molecule has 0 aliphatic heterocycles. The lowest BCUT2D eigenvalue weighted by Crippen LogP contribution is -2.12. The van der Waals surface area contributed by atoms with Crippen LogP contribution in [0.4, 0.5) is 14.5 Å². The Balaban J connectivity index is 1.81. The Morgan fingerprint density at radius 3 is 2.69 bits per heavy atom. The van der Waals surface area contributed by atoms with Gasteiger partial charge in [-0.05, 0) is 40.2 Å². The molecule has 4 rings (SSSR count). The van der Waals surface area contributed by atoms with E-state index in [1.807, 2.05) is 0 Å². The summed E-state index contributed by atoms with van der Waals surface area (Å²) in [4.78, 5) is 7.13. The molecular weight excluding hydrogens is 492 g/mol. The maximum absolute atomic E-state index is 12.9. The molecule has 0 unspecified atom stereocenters. The van der Waals surface area contributed by atoms with E-state index in [0.29, 0.717) is 31.9 Å². The first kappa shape index (κ1) is 19.8. The van der Waals surface area contributed by atoms with Crippen LogP contribution < -0.4 is 4.72 Å². The van der Waals surface area contributed by atoms with E-state index < -0.39 is 16.6 Å². The monoisotopic (exact) mass is 501 g/mol. The molecule has 0 spiro atoms. The van der Waals surface area contributed by atoms with Crippen molar-refractivity contribution >= 4 is 54.1 Å². The van der Waals surface area contributed by atoms with Crippen molar-refractivity contribution in [3.05, 3.63) is 58.5 Å². The van der Waals surface area contributed by atoms with Gasteiger partial charge in [0.15, 0.2) is 0 Å². The van der Waals surface area contributed by atoms with Crippen molar-refractivity contribution in [1.82, 2.24) is 19.7 Å². The Labute approximate surface area is 176 Å². The molecule has 150 valence electrons. The molecule has 0 bridgehead atoms. The standard InChI is InChI=1S/C17H11BrClF2N5O2S/c18-16-12(7-24-26(16)17(20)21)25-29(27,28)13-8-23-15-9(13)4-5-10(19)14(15)11-3-1-2-6-22-11/h1-8,17,23,25H. The Morgan fingerprint density at radius 2 is 2.03 bits per heavy atom. The van der Waals surface area contributed by atoms with Crippen molar-refractivity contribution in [1.29, 1.82) is 0 Å². The van der Waals surface area contributed by atoms with Crippen molar-refractivity contribution < 1.29 is 17.2 Å². The van der Waals surface area contributed by atoms with Crippen LogP contribution in [-0.2, 0) is 10.0 Å². The summed E-state index contributed by atoms with van der Waals surface area (Å²) in [6.07, 6.45) is 3.91. The average molecular weight is 503 g/mol. The van der Waals surface area contributed by atoms with Gasteiger partial charge in [0.1, 0.15) is 15.2 Å². The van der Waals surface area contributed by atoms with Crippen molar-refractivity contribution in [3.8, 4) is 11.3 Å². The number of nitrogens with zero attached hydrogens (tertiary/aromatic N) is 3. The summed E-state index contributed by atoms with van der Waals surface area (Å²) in [5, 5.41) is 4.24. The van der Waals surface area contributed by atoms with Crippen LogP contribution >= 0.6 is 27.5 Å². The fraction of sp³-hybridized carbons (Fsp3) is 0.0588. The Kier molecular flexibility index (Phi) is 5.05. The molecule has 12 heteroatoms. The van der Waals surface area contributed by atoms with E-state index in [1.54, 1.807) is 36.5 Å². The van der Waals surface area contributed by atoms with E-state index in [2.05, 4.69) is 35.7 Å². The van der Waals surface area contributed by atoms with Crippen LogP contribution in [0.5, 0.6) is 0 Å². The summed E-state index contributed by atoms with van der Waals surface area (Å²) in [5.74, 6) is 0. The van der Waals surface area contributed by atoms with Gasteiger partial charge in [0.2, 0.25) is 0 Å². The van der Waals surface area contributed by atoms with Gasteiger partial charge in [-0.15, -0.1) is 0 Å². The molecule has 3 aromatic heterocycles. The normalized spacial score (nSPS) is 12.0. The molecule has 0 atom stereocenters. The minimum absolute atomic E-state index is 0.0713. The highest BCUT2D eigenvalue weighted by Crippen LogP contribution is 2.37. The fourth-order valence-corrected chi connectivity index (χ4v) is 4.94. The third-order valence-electron chi connectivity index (χ3n) is 4.14. The van der Waals surface area contributed by atoms with Gasteiger partial charge >= 0.3 is 6.55 Å². The van der Waals surface area contributed by atoms with Gasteiger partial charge in [0.25, 0.3) is 10.0 Å². The molecule has 0 saturated carbocycles. The number of rotatable bonds is 5. The zero-order valence-corrected chi connectivity index (χ0v) is 17.4. The van der Waals surface area contributed by atoms with E-state index in [-0.39, 0.29) is 15.2 Å². The first-order chi connectivity index (χ1) is 13.8. The van der Waals surface area contributed by atoms with Crippen LogP contribution in [0, 0.1) is 0 Å². The second-order valence-electron chi connectivity index (χ2n) is 5.89. The molecule has 1 aromatic carbocycles. The maximum atomic E-state index is 12.9. The minimum atomic E-state index is -4.12. The zero-order valence-electron chi connectivity index (χ0n) is 14.3. The highest BCUT2D eigenvalue weighted by atomic mass is 79.9. The number of anilines is 1. The lowest BCUT2D eigenvalue weighted by Gasteiger charge is -2.08. The van der Waals surface area contributed by atoms with Crippen molar-refractivity contribution in [2.75, 3.05) is 4.72 Å². The lowest BCUT2D eigenvalue weighted by molar-refractivity contribution is 0.0542. The predicted octanol–water partition coefficient (Wildman–Crippen LogP) is 5.04. The largest absolute Gasteiger partial charge is 0.359 e. The number of aromatic amines is 1. The highest BCUT2D eigenvalue weighted by Gasteiger charge is 2.25. The topological polar surface area (TPSA) is 92.7 Å². The van der Waals surface area contributed by atoms with E-state index in [0.717, 1.165) is 6.20 Å². The maximum Gasteiger partial charge on any atom is 0.334 e. The van der Waals surface area contributed by atoms with Crippen LogP contribution in [0.2, 0.25) is 5.02 Å². The van der Waals surface area contributed by atoms with E-state index >= 15 is 0 Å². The predicted molar refractivity (Wildman–Crippen MR) is 109 cm³/mol. The lowest BCUT2D eigenvalue weighted by atomic mass is 10.1. The van der Waals surface area contributed by atoms with Gasteiger partial charge in [0.05, 0.1) is 22.4 Å². The molecule has 3 heterocycles. The summed E-state index contributed by atoms with van der Waals surface area (Å²) in [6.45, 7) is -2.92. The van der Waals surface area contributed by atoms with Crippen molar-refractivity contribution in [3.63, 3.8) is 0 Å². The molecule has 29 heavy (non-hydrogen) atoms. The Bertz CT molecular complexity index is 1310. The van der Waals surface area contributed by atoms with Gasteiger partial charge in [0, 0.05) is 23.3 Å². The number of sulfonamides is 1. The number of fused-ring (bicyclic) bond motifs is 1. The molecule has 0 aliphatic carbocycles. The number of pyridine rings is 1. The first-order valence-electron chi connectivity index (χ1n) is 8.04. The minimum Gasteiger partial charge on any atom is -0.359 e. The number of benzene rings is 1. The zero-order chi connectivity index (χ0) is 20.8. The van der Waals surface area contributed by atoms with E-state index in [9.17, 15) is 17.2 Å². The van der Waals surface area contributed by atoms with Gasteiger partial charge in [-0.1, -0.05) is 17.7 Å². The molecule has 0 radical (unpaired) electrons. The fourth-order valence-electron chi connectivity index (χ4n) is 2.88. The molecule has 0 aliphatic rings. The second kappa shape index (κ2) is 7.39. The highest BCUT2D eigenvalue weighted by molar-refractivity contribution is 9.10. The van der Waals surface area contributed by atoms with Gasteiger partial charge in [-0.2, -0.15) is 18.6 Å². The number of hydrogen-bond donors (Lipinski definition) is 2. The number of H-pyrrole nitrogens is 1. The Morgan fingerprint density at radius 1 is 1.24 bits per heavy atom. The first-order valence-corrected chi connectivity index (χ1v) is 10.7. The number of halogens is 4. The molecule has 2 N–H and O–H groups in total. The third-order valence-corrected chi connectivity index (χ3v) is 6.65. The van der Waals surface area contributed by atoms with Gasteiger partial charge in [-0.3, -0.25) is 9.71 Å². The van der Waals surface area contributed by atoms with Crippen molar-refractivity contribution in [2.24, 2.45) is 0 Å². The molecule has 7 nitrogen and oxygen atoms in total. The summed E-state index contributed by atoms with van der Waals surface area (Å²) in [7, 11) is -4.12. The van der Waals surface area contributed by atoms with Crippen LogP contribution in [0.15, 0.2) is 58.4 Å². The second-order valence-corrected chi connectivity index (χ2v) is 8.70. The molecule has 0 amide bonds. The van der Waals surface area contributed by atoms with Gasteiger partial charge in [-0.25, -0.2) is 8.42 Å². The van der Waals surface area contributed by atoms with Crippen LogP contribution in [0.25, 0.3) is 22.2 Å². The number of hydrogen-bond acceptors (Lipinski definition) is 4. The summed E-state index contributed by atoms with van der Waals surface area (Å²) in [5.41, 5.74) is 1.50. The SMILES string of the molecule is O=S(=O)(Nc1cnn(C(F)F)c1Br)c1c[nH]c2c(-c3ccccn3)c(Cl)ccc12. The van der Waals surface area contributed by atoms with E-state index in [1.165, 1.54) is 6.20 Å². The van der Waals surface area contributed by atoms with Crippen LogP contribution in [0.1, 0.15) is 6.55 Å². The number of aromatic nitrogens is 4. The van der Waals surface area contributed by atoms with Crippen molar-refractivity contribution in [2.45, 2.75) is 11.4 Å². The summed E-state index contributed by atoms with van der Waals surface area (Å²) in [6, 6.07) is 8.43. The van der Waals surface area contributed by atoms with Crippen LogP contribution in [0.3, 0.4) is 0 Å². The summed E-state index contributed by atoms with van der Waals surface area (Å²) < 4.78 is 54.0. The molecule has 0 fully saturated rings. The summed E-state index contributed by atoms with van der Waals surface area (Å²) >= 11 is 9.26. The van der Waals surface area contributed by atoms with E-state index in [4.69, 9.17) is 11.6 Å². The molecular formula is C17H11BrClF2N5O2S.